The quantitative estimate of drug-likeness (QED) is 0.610. The number of alkyl halides is 5. The molecule has 0 rings (SSSR count). The highest BCUT2D eigenvalue weighted by atomic mass is 32.2. The lowest BCUT2D eigenvalue weighted by molar-refractivity contribution is -0.197. The van der Waals surface area contributed by atoms with Gasteiger partial charge in [0.1, 0.15) is 0 Å². The highest BCUT2D eigenvalue weighted by Crippen LogP contribution is 2.42. The van der Waals surface area contributed by atoms with Gasteiger partial charge in [0, 0.05) is 0 Å². The van der Waals surface area contributed by atoms with Crippen molar-refractivity contribution in [3.8, 4) is 0 Å². The van der Waals surface area contributed by atoms with E-state index in [1.807, 2.05) is 14.1 Å². The molecule has 0 aliphatic heterocycles. The molecule has 0 aliphatic rings. The topological polar surface area (TPSA) is 66.4 Å². The van der Waals surface area contributed by atoms with Crippen molar-refractivity contribution in [3.63, 3.8) is 0 Å². The van der Waals surface area contributed by atoms with Crippen molar-refractivity contribution in [2.24, 2.45) is 0 Å². The summed E-state index contributed by atoms with van der Waals surface area (Å²) in [5.41, 5.74) is 0. The first-order valence-corrected chi connectivity index (χ1v) is 5.79. The molecule has 1 atom stereocenters. The fraction of sp³-hybridized carbons (Fsp3) is 1.00. The van der Waals surface area contributed by atoms with Gasteiger partial charge in [-0.3, -0.25) is 4.55 Å². The molecule has 106 valence electrons. The number of halogens is 5. The van der Waals surface area contributed by atoms with Gasteiger partial charge in [0.2, 0.25) is 0 Å². The molecule has 10 heteroatoms. The summed E-state index contributed by atoms with van der Waals surface area (Å²) in [7, 11) is -2.59. The van der Waals surface area contributed by atoms with Gasteiger partial charge in [-0.2, -0.15) is 26.0 Å². The second-order valence-corrected chi connectivity index (χ2v) is 4.45. The first-order chi connectivity index (χ1) is 7.40. The Balaban J connectivity index is 0. The van der Waals surface area contributed by atoms with Crippen LogP contribution in [0, 0.1) is 0 Å². The Morgan fingerprint density at radius 2 is 1.53 bits per heavy atom. The van der Waals surface area contributed by atoms with Crippen LogP contribution in [0.2, 0.25) is 0 Å². The van der Waals surface area contributed by atoms with E-state index in [2.05, 4.69) is 5.32 Å². The van der Waals surface area contributed by atoms with Gasteiger partial charge < -0.3 is 5.32 Å². The second kappa shape index (κ2) is 6.45. The maximum atomic E-state index is 12.4. The Hall–Kier alpha value is -0.480. The fourth-order valence-corrected chi connectivity index (χ4v) is 1.08. The van der Waals surface area contributed by atoms with Crippen LogP contribution in [-0.2, 0) is 10.1 Å². The molecule has 0 spiro atoms. The summed E-state index contributed by atoms with van der Waals surface area (Å²) < 4.78 is 89.4. The summed E-state index contributed by atoms with van der Waals surface area (Å²) in [5.74, 6) is -5.45. The summed E-state index contributed by atoms with van der Waals surface area (Å²) in [6, 6.07) is 0. The van der Waals surface area contributed by atoms with Crippen molar-refractivity contribution in [3.05, 3.63) is 0 Å². The predicted molar refractivity (Wildman–Crippen MR) is 51.6 cm³/mol. The van der Waals surface area contributed by atoms with E-state index < -0.39 is 33.9 Å². The monoisotopic (exact) mass is 287 g/mol. The van der Waals surface area contributed by atoms with Crippen LogP contribution in [0.15, 0.2) is 0 Å². The maximum Gasteiger partial charge on any atom is 0.434 e. The van der Waals surface area contributed by atoms with Gasteiger partial charge in [0.25, 0.3) is 0 Å². The number of nitrogens with one attached hydrogen (secondary N) is 1. The van der Waals surface area contributed by atoms with Crippen molar-refractivity contribution in [2.45, 2.75) is 30.7 Å². The normalized spacial score (nSPS) is 14.9. The number of hydrogen-bond acceptors (Lipinski definition) is 3. The van der Waals surface area contributed by atoms with Crippen molar-refractivity contribution in [1.29, 1.82) is 0 Å². The standard InChI is InChI=1S/C5H7F5O3S.C2H7N/c1-2-3(6)4(7,8)5(9,10)14(11,12)13;1-3-2/h3H,2H2,1H3,(H,11,12,13);3H,1-2H3. The molecular weight excluding hydrogens is 273 g/mol. The van der Waals surface area contributed by atoms with E-state index in [1.54, 1.807) is 0 Å². The van der Waals surface area contributed by atoms with Gasteiger partial charge in [-0.05, 0) is 20.5 Å². The smallest absolute Gasteiger partial charge is 0.323 e. The maximum absolute atomic E-state index is 12.4. The van der Waals surface area contributed by atoms with E-state index >= 15 is 0 Å². The van der Waals surface area contributed by atoms with Gasteiger partial charge >= 0.3 is 21.3 Å². The van der Waals surface area contributed by atoms with Gasteiger partial charge in [0.05, 0.1) is 0 Å². The molecule has 1 unspecified atom stereocenters. The molecule has 2 N–H and O–H groups in total. The molecule has 0 aromatic carbocycles. The Morgan fingerprint density at radius 3 is 1.71 bits per heavy atom. The van der Waals surface area contributed by atoms with Crippen LogP contribution in [0.5, 0.6) is 0 Å². The highest BCUT2D eigenvalue weighted by Gasteiger charge is 2.69. The minimum atomic E-state index is -6.34. The number of hydrogen-bond donors (Lipinski definition) is 2. The zero-order valence-corrected chi connectivity index (χ0v) is 10.2. The van der Waals surface area contributed by atoms with Crippen LogP contribution in [0.3, 0.4) is 0 Å². The lowest BCUT2D eigenvalue weighted by atomic mass is 10.2. The molecular formula is C7H14F5NO3S. The molecule has 0 aromatic rings. The van der Waals surface area contributed by atoms with E-state index in [0.717, 1.165) is 6.92 Å². The summed E-state index contributed by atoms with van der Waals surface area (Å²) >= 11 is 0. The lowest BCUT2D eigenvalue weighted by Crippen LogP contribution is -2.52. The van der Waals surface area contributed by atoms with Crippen LogP contribution >= 0.6 is 0 Å². The van der Waals surface area contributed by atoms with E-state index in [-0.39, 0.29) is 0 Å². The zero-order chi connectivity index (χ0) is 14.5. The highest BCUT2D eigenvalue weighted by molar-refractivity contribution is 7.87. The summed E-state index contributed by atoms with van der Waals surface area (Å²) in [5, 5.41) is -3.07. The zero-order valence-electron chi connectivity index (χ0n) is 9.35. The molecule has 0 bridgehead atoms. The molecule has 0 amide bonds. The Morgan fingerprint density at radius 1 is 1.24 bits per heavy atom. The number of rotatable bonds is 4. The van der Waals surface area contributed by atoms with Crippen LogP contribution in [0.1, 0.15) is 13.3 Å². The average Bonchev–Trinajstić information content (AvgIpc) is 2.15. The molecule has 17 heavy (non-hydrogen) atoms. The molecule has 0 aliphatic carbocycles. The summed E-state index contributed by atoms with van der Waals surface area (Å²) in [6.45, 7) is 0.832. The first kappa shape index (κ1) is 18.9. The Labute approximate surface area is 95.9 Å². The van der Waals surface area contributed by atoms with E-state index in [0.29, 0.717) is 0 Å². The Kier molecular flexibility index (Phi) is 7.16. The SMILES string of the molecule is CCC(F)C(F)(F)C(F)(F)S(=O)(=O)O.CNC. The van der Waals surface area contributed by atoms with Gasteiger partial charge in [0.15, 0.2) is 6.17 Å². The van der Waals surface area contributed by atoms with Gasteiger partial charge in [-0.1, -0.05) is 6.92 Å². The summed E-state index contributed by atoms with van der Waals surface area (Å²) in [6.07, 6.45) is -4.35. The lowest BCUT2D eigenvalue weighted by Gasteiger charge is -2.25. The van der Waals surface area contributed by atoms with Crippen molar-refractivity contribution >= 4 is 10.1 Å². The average molecular weight is 287 g/mol. The molecule has 0 radical (unpaired) electrons. The van der Waals surface area contributed by atoms with Crippen molar-refractivity contribution in [1.82, 2.24) is 5.32 Å². The second-order valence-electron chi connectivity index (χ2n) is 2.99. The molecule has 0 saturated heterocycles. The Bertz CT molecular complexity index is 319. The van der Waals surface area contributed by atoms with Crippen LogP contribution in [0.25, 0.3) is 0 Å². The van der Waals surface area contributed by atoms with Crippen LogP contribution in [-0.4, -0.2) is 44.4 Å². The third-order valence-electron chi connectivity index (χ3n) is 1.46. The van der Waals surface area contributed by atoms with Crippen molar-refractivity contribution < 1.29 is 34.9 Å². The van der Waals surface area contributed by atoms with E-state index in [4.69, 9.17) is 4.55 Å². The molecule has 0 heterocycles. The fourth-order valence-electron chi connectivity index (χ4n) is 0.611. The molecule has 0 saturated carbocycles. The predicted octanol–water partition coefficient (Wildman–Crippen LogP) is 1.69. The summed E-state index contributed by atoms with van der Waals surface area (Å²) in [4.78, 5) is 0. The van der Waals surface area contributed by atoms with Gasteiger partial charge in [-0.15, -0.1) is 0 Å². The van der Waals surface area contributed by atoms with E-state index in [1.165, 1.54) is 0 Å². The first-order valence-electron chi connectivity index (χ1n) is 4.35. The van der Waals surface area contributed by atoms with Crippen LogP contribution in [0.4, 0.5) is 22.0 Å². The van der Waals surface area contributed by atoms with Crippen LogP contribution < -0.4 is 5.32 Å². The van der Waals surface area contributed by atoms with Gasteiger partial charge in [-0.25, -0.2) is 4.39 Å². The van der Waals surface area contributed by atoms with E-state index in [9.17, 15) is 30.4 Å². The minimum Gasteiger partial charge on any atom is -0.323 e. The minimum absolute atomic E-state index is 0.832. The largest absolute Gasteiger partial charge is 0.434 e. The molecule has 0 aromatic heterocycles. The van der Waals surface area contributed by atoms with Crippen molar-refractivity contribution in [2.75, 3.05) is 14.1 Å². The third kappa shape index (κ3) is 4.36. The third-order valence-corrected chi connectivity index (χ3v) is 2.38. The molecule has 4 nitrogen and oxygen atoms in total. The molecule has 0 fully saturated rings.